The number of hydrogen-bond donors (Lipinski definition) is 2. The van der Waals surface area contributed by atoms with E-state index in [4.69, 9.17) is 26.3 Å². The average molecular weight is 478 g/mol. The summed E-state index contributed by atoms with van der Waals surface area (Å²) in [6, 6.07) is 17.9. The molecule has 0 bridgehead atoms. The normalized spacial score (nSPS) is 15.4. The van der Waals surface area contributed by atoms with Crippen LogP contribution in [0.5, 0.6) is 0 Å². The van der Waals surface area contributed by atoms with Crippen LogP contribution in [0.25, 0.3) is 11.0 Å². The molecule has 9 heteroatoms. The third kappa shape index (κ3) is 5.14. The molecule has 0 amide bonds. The number of benzene rings is 2. The summed E-state index contributed by atoms with van der Waals surface area (Å²) in [5, 5.41) is 13.0. The van der Waals surface area contributed by atoms with Gasteiger partial charge in [0.1, 0.15) is 5.82 Å². The predicted octanol–water partition coefficient (Wildman–Crippen LogP) is 4.58. The van der Waals surface area contributed by atoms with Crippen LogP contribution in [0.3, 0.4) is 0 Å². The maximum absolute atomic E-state index is 6.20. The van der Waals surface area contributed by atoms with Crippen molar-refractivity contribution in [2.24, 2.45) is 0 Å². The molecule has 2 aromatic carbocycles. The zero-order valence-electron chi connectivity index (χ0n) is 19.1. The van der Waals surface area contributed by atoms with Crippen LogP contribution in [0.15, 0.2) is 60.8 Å². The molecule has 1 aliphatic rings. The molecule has 5 rings (SSSR count). The van der Waals surface area contributed by atoms with Crippen LogP contribution < -0.4 is 10.6 Å². The number of rotatable bonds is 8. The summed E-state index contributed by atoms with van der Waals surface area (Å²) in [6.07, 6.45) is 1.82. The molecule has 1 atom stereocenters. The highest BCUT2D eigenvalue weighted by Crippen LogP contribution is 2.29. The summed E-state index contributed by atoms with van der Waals surface area (Å²) in [5.41, 5.74) is 2.79. The fourth-order valence-corrected chi connectivity index (χ4v) is 4.30. The Morgan fingerprint density at radius 1 is 1.06 bits per heavy atom. The zero-order chi connectivity index (χ0) is 23.3. The number of morpholine rings is 1. The third-order valence-electron chi connectivity index (χ3n) is 6.00. The quantitative estimate of drug-likeness (QED) is 0.384. The van der Waals surface area contributed by atoms with E-state index < -0.39 is 0 Å². The minimum atomic E-state index is 0.0221. The molecular weight excluding hydrogens is 450 g/mol. The van der Waals surface area contributed by atoms with E-state index in [0.29, 0.717) is 16.8 Å². The third-order valence-corrected chi connectivity index (χ3v) is 6.24. The minimum Gasteiger partial charge on any atom is -0.379 e. The number of nitrogens with one attached hydrogen (secondary N) is 2. The van der Waals surface area contributed by atoms with Crippen molar-refractivity contribution in [2.75, 3.05) is 50.0 Å². The summed E-state index contributed by atoms with van der Waals surface area (Å²) < 4.78 is 7.39. The summed E-state index contributed by atoms with van der Waals surface area (Å²) in [6.45, 7) is 7.24. The molecule has 1 saturated heterocycles. The largest absolute Gasteiger partial charge is 0.379 e. The Balaban J connectivity index is 1.46. The monoisotopic (exact) mass is 477 g/mol. The van der Waals surface area contributed by atoms with Crippen LogP contribution in [0.1, 0.15) is 18.5 Å². The van der Waals surface area contributed by atoms with Crippen LogP contribution in [0.4, 0.5) is 17.5 Å². The first-order chi connectivity index (χ1) is 16.7. The molecule has 4 aromatic rings. The number of fused-ring (bicyclic) bond motifs is 1. The second-order valence-electron chi connectivity index (χ2n) is 8.33. The van der Waals surface area contributed by atoms with Gasteiger partial charge in [0.25, 0.3) is 0 Å². The highest BCUT2D eigenvalue weighted by molar-refractivity contribution is 6.30. The number of anilines is 3. The van der Waals surface area contributed by atoms with Crippen LogP contribution in [-0.2, 0) is 4.74 Å². The lowest BCUT2D eigenvalue weighted by Crippen LogP contribution is -2.39. The second-order valence-corrected chi connectivity index (χ2v) is 8.76. The maximum atomic E-state index is 6.20. The lowest BCUT2D eigenvalue weighted by Gasteiger charge is -2.26. The van der Waals surface area contributed by atoms with Gasteiger partial charge in [-0.05, 0) is 30.7 Å². The summed E-state index contributed by atoms with van der Waals surface area (Å²) in [4.78, 5) is 12.0. The van der Waals surface area contributed by atoms with Gasteiger partial charge in [0.2, 0.25) is 5.95 Å². The fourth-order valence-electron chi connectivity index (χ4n) is 4.11. The summed E-state index contributed by atoms with van der Waals surface area (Å²) >= 11 is 6.20. The lowest BCUT2D eigenvalue weighted by atomic mass is 10.1. The SMILES string of the molecule is CC(c1ccccc1)n1ncc2c(Nc3cccc(Cl)c3)nc(NCCN3CCOCC3)nc21. The van der Waals surface area contributed by atoms with Gasteiger partial charge in [0.05, 0.1) is 30.8 Å². The van der Waals surface area contributed by atoms with Gasteiger partial charge in [-0.25, -0.2) is 4.68 Å². The zero-order valence-corrected chi connectivity index (χ0v) is 19.9. The molecule has 0 radical (unpaired) electrons. The Bertz CT molecular complexity index is 1240. The molecule has 0 spiro atoms. The van der Waals surface area contributed by atoms with Crippen molar-refractivity contribution >= 4 is 40.1 Å². The highest BCUT2D eigenvalue weighted by Gasteiger charge is 2.18. The molecule has 3 heterocycles. The van der Waals surface area contributed by atoms with Gasteiger partial charge < -0.3 is 15.4 Å². The van der Waals surface area contributed by atoms with E-state index >= 15 is 0 Å². The molecule has 0 aliphatic carbocycles. The Kier molecular flexibility index (Phi) is 6.89. The van der Waals surface area contributed by atoms with Crippen molar-refractivity contribution in [2.45, 2.75) is 13.0 Å². The Hall–Kier alpha value is -3.20. The van der Waals surface area contributed by atoms with Crippen LogP contribution in [0.2, 0.25) is 5.02 Å². The minimum absolute atomic E-state index is 0.0221. The predicted molar refractivity (Wildman–Crippen MR) is 136 cm³/mol. The molecule has 1 fully saturated rings. The highest BCUT2D eigenvalue weighted by atomic mass is 35.5. The van der Waals surface area contributed by atoms with Crippen molar-refractivity contribution in [3.8, 4) is 0 Å². The summed E-state index contributed by atoms with van der Waals surface area (Å²) in [7, 11) is 0. The van der Waals surface area contributed by atoms with Crippen LogP contribution in [0, 0.1) is 0 Å². The lowest BCUT2D eigenvalue weighted by molar-refractivity contribution is 0.0398. The van der Waals surface area contributed by atoms with E-state index in [-0.39, 0.29) is 6.04 Å². The van der Waals surface area contributed by atoms with Crippen molar-refractivity contribution in [1.29, 1.82) is 0 Å². The van der Waals surface area contributed by atoms with E-state index in [1.807, 2.05) is 53.3 Å². The first-order valence-corrected chi connectivity index (χ1v) is 11.9. The fraction of sp³-hybridized carbons (Fsp3) is 0.320. The van der Waals surface area contributed by atoms with Gasteiger partial charge in [-0.3, -0.25) is 4.90 Å². The molecule has 2 N–H and O–H groups in total. The molecular formula is C25H28ClN7O. The molecule has 1 aliphatic heterocycles. The standard InChI is InChI=1S/C25H28ClN7O/c1-18(19-6-3-2-4-7-19)33-24-22(17-28-33)23(29-21-9-5-8-20(26)16-21)30-25(31-24)27-10-11-32-12-14-34-15-13-32/h2-9,16-18H,10-15H2,1H3,(H2,27,29,30,31). The van der Waals surface area contributed by atoms with E-state index in [2.05, 4.69) is 39.7 Å². The van der Waals surface area contributed by atoms with Gasteiger partial charge in [0, 0.05) is 36.9 Å². The van der Waals surface area contributed by atoms with Gasteiger partial charge in [0.15, 0.2) is 5.65 Å². The van der Waals surface area contributed by atoms with E-state index in [9.17, 15) is 0 Å². The smallest absolute Gasteiger partial charge is 0.226 e. The maximum Gasteiger partial charge on any atom is 0.226 e. The first kappa shape index (κ1) is 22.6. The van der Waals surface area contributed by atoms with Crippen LogP contribution in [-0.4, -0.2) is 64.0 Å². The number of aromatic nitrogens is 4. The van der Waals surface area contributed by atoms with E-state index in [1.54, 1.807) is 0 Å². The number of nitrogens with zero attached hydrogens (tertiary/aromatic N) is 5. The average Bonchev–Trinajstić information content (AvgIpc) is 3.29. The van der Waals surface area contributed by atoms with Gasteiger partial charge in [-0.15, -0.1) is 0 Å². The van der Waals surface area contributed by atoms with Gasteiger partial charge in [-0.2, -0.15) is 15.1 Å². The topological polar surface area (TPSA) is 80.1 Å². The van der Waals surface area contributed by atoms with Crippen molar-refractivity contribution < 1.29 is 4.74 Å². The Labute approximate surface area is 203 Å². The Morgan fingerprint density at radius 2 is 1.88 bits per heavy atom. The van der Waals surface area contributed by atoms with Crippen molar-refractivity contribution in [1.82, 2.24) is 24.6 Å². The molecule has 176 valence electrons. The summed E-state index contributed by atoms with van der Waals surface area (Å²) in [5.74, 6) is 1.25. The Morgan fingerprint density at radius 3 is 2.68 bits per heavy atom. The van der Waals surface area contributed by atoms with Gasteiger partial charge >= 0.3 is 0 Å². The van der Waals surface area contributed by atoms with E-state index in [0.717, 1.165) is 61.7 Å². The number of halogens is 1. The number of ether oxygens (including phenoxy) is 1. The molecule has 0 saturated carbocycles. The van der Waals surface area contributed by atoms with Crippen molar-refractivity contribution in [3.05, 3.63) is 71.4 Å². The second kappa shape index (κ2) is 10.4. The first-order valence-electron chi connectivity index (χ1n) is 11.5. The molecule has 1 unspecified atom stereocenters. The molecule has 34 heavy (non-hydrogen) atoms. The van der Waals surface area contributed by atoms with E-state index in [1.165, 1.54) is 0 Å². The number of hydrogen-bond acceptors (Lipinski definition) is 7. The van der Waals surface area contributed by atoms with Crippen LogP contribution >= 0.6 is 11.6 Å². The molecule has 2 aromatic heterocycles. The van der Waals surface area contributed by atoms with Crippen molar-refractivity contribution in [3.63, 3.8) is 0 Å². The van der Waals surface area contributed by atoms with Gasteiger partial charge in [-0.1, -0.05) is 48.0 Å². The molecule has 8 nitrogen and oxygen atoms in total.